The lowest BCUT2D eigenvalue weighted by Crippen LogP contribution is -2.33. The van der Waals surface area contributed by atoms with Crippen molar-refractivity contribution in [2.75, 3.05) is 47.6 Å². The van der Waals surface area contributed by atoms with Crippen molar-refractivity contribution in [1.82, 2.24) is 5.32 Å². The van der Waals surface area contributed by atoms with Crippen LogP contribution in [0.15, 0.2) is 66.7 Å². The highest BCUT2D eigenvalue weighted by atomic mass is 19.1. The number of nitrogens with one attached hydrogen (secondary N) is 1. The van der Waals surface area contributed by atoms with Crippen LogP contribution in [0.2, 0.25) is 0 Å². The Bertz CT molecular complexity index is 1210. The maximum atomic E-state index is 13.7. The Hall–Kier alpha value is -4.08. The first-order valence-electron chi connectivity index (χ1n) is 12.0. The summed E-state index contributed by atoms with van der Waals surface area (Å²) in [5.41, 5.74) is 1.45. The first-order chi connectivity index (χ1) is 18.4. The molecule has 1 unspecified atom stereocenters. The van der Waals surface area contributed by atoms with Gasteiger partial charge in [0, 0.05) is 13.1 Å². The number of rotatable bonds is 14. The number of halogens is 1. The molecule has 0 heterocycles. The zero-order valence-corrected chi connectivity index (χ0v) is 21.6. The average Bonchev–Trinajstić information content (AvgIpc) is 2.95. The van der Waals surface area contributed by atoms with Gasteiger partial charge in [-0.05, 0) is 53.6 Å². The molecule has 0 bridgehead atoms. The van der Waals surface area contributed by atoms with Crippen molar-refractivity contribution in [3.63, 3.8) is 0 Å². The van der Waals surface area contributed by atoms with E-state index >= 15 is 0 Å². The minimum absolute atomic E-state index is 0.0729. The fourth-order valence-electron chi connectivity index (χ4n) is 3.52. The number of ether oxygens (including phenoxy) is 5. The molecule has 8 nitrogen and oxygen atoms in total. The van der Waals surface area contributed by atoms with E-state index in [1.54, 1.807) is 43.5 Å². The van der Waals surface area contributed by atoms with Crippen LogP contribution in [0.4, 0.5) is 4.39 Å². The molecule has 0 radical (unpaired) electrons. The van der Waals surface area contributed by atoms with Crippen LogP contribution in [0.1, 0.15) is 11.1 Å². The Kier molecular flexibility index (Phi) is 11.0. The molecule has 9 heteroatoms. The van der Waals surface area contributed by atoms with E-state index < -0.39 is 17.9 Å². The maximum absolute atomic E-state index is 13.7. The molecule has 0 aliphatic carbocycles. The van der Waals surface area contributed by atoms with Crippen LogP contribution in [0.3, 0.4) is 0 Å². The van der Waals surface area contributed by atoms with Crippen LogP contribution in [-0.2, 0) is 9.53 Å². The van der Waals surface area contributed by atoms with Gasteiger partial charge in [0.2, 0.25) is 0 Å². The second kappa shape index (κ2) is 14.6. The van der Waals surface area contributed by atoms with Crippen LogP contribution in [0, 0.1) is 5.82 Å². The number of carbonyl (C=O) groups is 1. The van der Waals surface area contributed by atoms with E-state index in [9.17, 15) is 14.3 Å². The third-order valence-corrected chi connectivity index (χ3v) is 5.48. The molecular weight excluding hydrogens is 493 g/mol. The first kappa shape index (κ1) is 28.5. The second-order valence-corrected chi connectivity index (χ2v) is 8.14. The second-order valence-electron chi connectivity index (χ2n) is 8.14. The molecule has 3 aromatic rings. The van der Waals surface area contributed by atoms with E-state index in [-0.39, 0.29) is 17.9 Å². The number of benzene rings is 3. The summed E-state index contributed by atoms with van der Waals surface area (Å²) in [6, 6.07) is 18.5. The van der Waals surface area contributed by atoms with Gasteiger partial charge in [0.1, 0.15) is 25.1 Å². The van der Waals surface area contributed by atoms with Crippen LogP contribution in [-0.4, -0.2) is 64.8 Å². The van der Waals surface area contributed by atoms with Crippen molar-refractivity contribution in [2.24, 2.45) is 0 Å². The van der Waals surface area contributed by atoms with Gasteiger partial charge < -0.3 is 34.1 Å². The zero-order chi connectivity index (χ0) is 27.3. The number of para-hydroxylation sites is 2. The molecule has 0 spiro atoms. The molecule has 0 saturated carbocycles. The molecule has 0 aliphatic rings. The van der Waals surface area contributed by atoms with Crippen LogP contribution in [0.25, 0.3) is 11.6 Å². The lowest BCUT2D eigenvalue weighted by molar-refractivity contribution is -0.133. The summed E-state index contributed by atoms with van der Waals surface area (Å²) in [5, 5.41) is 13.3. The molecule has 0 aromatic heterocycles. The summed E-state index contributed by atoms with van der Waals surface area (Å²) in [6.07, 6.45) is 0.858. The Balaban J connectivity index is 1.50. The summed E-state index contributed by atoms with van der Waals surface area (Å²) in [7, 11) is 4.25. The Morgan fingerprint density at radius 2 is 1.66 bits per heavy atom. The highest BCUT2D eigenvalue weighted by molar-refractivity contribution is 6.21. The predicted molar refractivity (Wildman–Crippen MR) is 142 cm³/mol. The van der Waals surface area contributed by atoms with Crippen molar-refractivity contribution in [3.8, 4) is 23.0 Å². The van der Waals surface area contributed by atoms with Gasteiger partial charge in [-0.2, -0.15) is 0 Å². The fraction of sp³-hybridized carbons (Fsp3) is 0.276. The summed E-state index contributed by atoms with van der Waals surface area (Å²) in [5.74, 6) is 0.884. The minimum Gasteiger partial charge on any atom is -0.494 e. The smallest absolute Gasteiger partial charge is 0.338 e. The van der Waals surface area contributed by atoms with E-state index in [1.165, 1.54) is 26.4 Å². The van der Waals surface area contributed by atoms with E-state index in [1.807, 2.05) is 24.3 Å². The van der Waals surface area contributed by atoms with Gasteiger partial charge in [-0.3, -0.25) is 0 Å². The topological polar surface area (TPSA) is 95.5 Å². The van der Waals surface area contributed by atoms with Crippen molar-refractivity contribution >= 4 is 17.6 Å². The molecule has 202 valence electrons. The maximum Gasteiger partial charge on any atom is 0.338 e. The molecule has 3 rings (SSSR count). The Morgan fingerprint density at radius 1 is 0.947 bits per heavy atom. The molecular formula is C29H32FNO7. The Morgan fingerprint density at radius 3 is 2.34 bits per heavy atom. The first-order valence-corrected chi connectivity index (χ1v) is 12.0. The van der Waals surface area contributed by atoms with Gasteiger partial charge in [-0.25, -0.2) is 9.18 Å². The van der Waals surface area contributed by atoms with Crippen LogP contribution < -0.4 is 24.3 Å². The number of aliphatic hydroxyl groups is 1. The van der Waals surface area contributed by atoms with Gasteiger partial charge >= 0.3 is 5.97 Å². The lowest BCUT2D eigenvalue weighted by atomic mass is 10.0. The van der Waals surface area contributed by atoms with Crippen molar-refractivity contribution in [1.29, 1.82) is 0 Å². The summed E-state index contributed by atoms with van der Waals surface area (Å²) in [4.78, 5) is 12.4. The van der Waals surface area contributed by atoms with Gasteiger partial charge in [0.25, 0.3) is 0 Å². The van der Waals surface area contributed by atoms with Crippen molar-refractivity contribution in [2.45, 2.75) is 6.10 Å². The van der Waals surface area contributed by atoms with Gasteiger partial charge in [-0.1, -0.05) is 30.3 Å². The predicted octanol–water partition coefficient (Wildman–Crippen LogP) is 3.96. The molecule has 1 atom stereocenters. The van der Waals surface area contributed by atoms with Crippen LogP contribution in [0.5, 0.6) is 23.0 Å². The molecule has 3 aromatic carbocycles. The normalized spacial score (nSPS) is 12.0. The van der Waals surface area contributed by atoms with Gasteiger partial charge in [0.15, 0.2) is 23.1 Å². The van der Waals surface area contributed by atoms with Gasteiger partial charge in [0.05, 0.1) is 26.9 Å². The number of carbonyl (C=O) groups excluding carboxylic acids is 1. The summed E-state index contributed by atoms with van der Waals surface area (Å²) < 4.78 is 40.3. The van der Waals surface area contributed by atoms with Crippen LogP contribution >= 0.6 is 0 Å². The number of esters is 1. The number of hydrogen-bond donors (Lipinski definition) is 2. The quantitative estimate of drug-likeness (QED) is 0.141. The summed E-state index contributed by atoms with van der Waals surface area (Å²) >= 11 is 0. The molecule has 0 aliphatic heterocycles. The van der Waals surface area contributed by atoms with E-state index in [2.05, 4.69) is 5.32 Å². The number of aliphatic hydroxyl groups excluding tert-OH is 1. The molecule has 38 heavy (non-hydrogen) atoms. The van der Waals surface area contributed by atoms with Crippen molar-refractivity contribution in [3.05, 3.63) is 83.7 Å². The van der Waals surface area contributed by atoms with Gasteiger partial charge in [-0.15, -0.1) is 0 Å². The SMILES string of the molecule is COC(=O)/C(=C/c1ccc(F)c(OC)c1)c1ccc(OCC(O)CNCCOc2ccccc2OC)cc1. The molecule has 0 amide bonds. The largest absolute Gasteiger partial charge is 0.494 e. The highest BCUT2D eigenvalue weighted by Crippen LogP contribution is 2.26. The Labute approximate surface area is 221 Å². The van der Waals surface area contributed by atoms with E-state index in [4.69, 9.17) is 23.7 Å². The monoisotopic (exact) mass is 525 g/mol. The lowest BCUT2D eigenvalue weighted by Gasteiger charge is -2.14. The van der Waals surface area contributed by atoms with E-state index in [0.29, 0.717) is 48.1 Å². The number of hydrogen-bond acceptors (Lipinski definition) is 8. The van der Waals surface area contributed by atoms with E-state index in [0.717, 1.165) is 0 Å². The summed E-state index contributed by atoms with van der Waals surface area (Å²) in [6.45, 7) is 1.35. The third-order valence-electron chi connectivity index (χ3n) is 5.48. The minimum atomic E-state index is -0.736. The van der Waals surface area contributed by atoms with Crippen molar-refractivity contribution < 1.29 is 38.0 Å². The fourth-order valence-corrected chi connectivity index (χ4v) is 3.52. The standard InChI is InChI=1S/C29H32FNO7/c1-34-26-6-4-5-7-27(26)37-15-14-31-18-22(32)19-38-23-11-9-21(10-12-23)24(29(33)36-3)16-20-8-13-25(30)28(17-20)35-2/h4-13,16-17,22,31-32H,14-15,18-19H2,1-3H3/b24-16+. The highest BCUT2D eigenvalue weighted by Gasteiger charge is 2.14. The zero-order valence-electron chi connectivity index (χ0n) is 21.6. The molecule has 0 fully saturated rings. The average molecular weight is 526 g/mol. The molecule has 2 N–H and O–H groups in total. The number of methoxy groups -OCH3 is 3. The third kappa shape index (κ3) is 8.22. The molecule has 0 saturated heterocycles.